The second kappa shape index (κ2) is 4.92. The number of fused-ring (bicyclic) bond motifs is 1. The Bertz CT molecular complexity index is 609. The van der Waals surface area contributed by atoms with Crippen molar-refractivity contribution in [1.29, 1.82) is 0 Å². The maximum atomic E-state index is 6.30. The number of nitrogens with two attached hydrogens (primary N) is 1. The number of anilines is 1. The van der Waals surface area contributed by atoms with E-state index < -0.39 is 0 Å². The molecule has 0 radical (unpaired) electrons. The Hall–Kier alpha value is -1.03. The Kier molecular flexibility index (Phi) is 3.66. The molecule has 96 valence electrons. The van der Waals surface area contributed by atoms with E-state index in [1.807, 2.05) is 32.0 Å². The third-order valence-corrected chi connectivity index (χ3v) is 3.45. The zero-order chi connectivity index (χ0) is 13.4. The van der Waals surface area contributed by atoms with Crippen LogP contribution < -0.4 is 10.6 Å². The Morgan fingerprint density at radius 2 is 1.94 bits per heavy atom. The summed E-state index contributed by atoms with van der Waals surface area (Å²) in [5.41, 5.74) is 9.56. The van der Waals surface area contributed by atoms with Crippen LogP contribution in [0, 0.1) is 6.92 Å². The molecule has 0 bridgehead atoms. The van der Waals surface area contributed by atoms with E-state index in [1.54, 1.807) is 6.07 Å². The highest BCUT2D eigenvalue weighted by Gasteiger charge is 2.16. The molecule has 2 rings (SSSR count). The van der Waals surface area contributed by atoms with Crippen molar-refractivity contribution < 1.29 is 0 Å². The van der Waals surface area contributed by atoms with Gasteiger partial charge in [0.2, 0.25) is 0 Å². The van der Waals surface area contributed by atoms with Crippen LogP contribution in [-0.2, 0) is 6.54 Å². The number of benzene rings is 1. The van der Waals surface area contributed by atoms with Gasteiger partial charge in [0.1, 0.15) is 0 Å². The topological polar surface area (TPSA) is 42.2 Å². The molecule has 0 spiro atoms. The van der Waals surface area contributed by atoms with E-state index in [1.165, 1.54) is 0 Å². The molecule has 0 saturated heterocycles. The van der Waals surface area contributed by atoms with Crippen molar-refractivity contribution in [2.75, 3.05) is 19.0 Å². The number of pyridine rings is 1. The van der Waals surface area contributed by atoms with Gasteiger partial charge in [-0.25, -0.2) is 0 Å². The third kappa shape index (κ3) is 2.14. The van der Waals surface area contributed by atoms with Gasteiger partial charge in [0, 0.05) is 42.3 Å². The summed E-state index contributed by atoms with van der Waals surface area (Å²) in [5, 5.41) is 2.09. The maximum Gasteiger partial charge on any atom is 0.0756 e. The zero-order valence-corrected chi connectivity index (χ0v) is 12.1. The van der Waals surface area contributed by atoms with Crippen LogP contribution in [0.2, 0.25) is 10.0 Å². The molecule has 0 aliphatic heterocycles. The third-order valence-electron chi connectivity index (χ3n) is 2.93. The Morgan fingerprint density at radius 1 is 1.28 bits per heavy atom. The smallest absolute Gasteiger partial charge is 0.0756 e. The van der Waals surface area contributed by atoms with E-state index >= 15 is 0 Å². The average Bonchev–Trinajstić information content (AvgIpc) is 2.26. The van der Waals surface area contributed by atoms with Crippen molar-refractivity contribution in [2.24, 2.45) is 5.73 Å². The van der Waals surface area contributed by atoms with Crippen LogP contribution in [0.15, 0.2) is 12.1 Å². The molecule has 0 aliphatic carbocycles. The highest BCUT2D eigenvalue weighted by atomic mass is 35.5. The van der Waals surface area contributed by atoms with Crippen molar-refractivity contribution in [3.63, 3.8) is 0 Å². The molecule has 0 amide bonds. The molecular weight excluding hydrogens is 269 g/mol. The fraction of sp³-hybridized carbons (Fsp3) is 0.308. The van der Waals surface area contributed by atoms with E-state index in [-0.39, 0.29) is 0 Å². The lowest BCUT2D eigenvalue weighted by Gasteiger charge is -2.21. The second-order valence-corrected chi connectivity index (χ2v) is 5.25. The molecule has 18 heavy (non-hydrogen) atoms. The van der Waals surface area contributed by atoms with Gasteiger partial charge in [0.05, 0.1) is 16.2 Å². The lowest BCUT2D eigenvalue weighted by Crippen LogP contribution is -2.16. The Morgan fingerprint density at radius 3 is 2.50 bits per heavy atom. The van der Waals surface area contributed by atoms with Crippen LogP contribution in [0.4, 0.5) is 5.69 Å². The van der Waals surface area contributed by atoms with Gasteiger partial charge in [-0.05, 0) is 19.1 Å². The van der Waals surface area contributed by atoms with Crippen LogP contribution in [0.25, 0.3) is 10.9 Å². The predicted octanol–water partition coefficient (Wildman–Crippen LogP) is 3.37. The minimum Gasteiger partial charge on any atom is -0.377 e. The fourth-order valence-electron chi connectivity index (χ4n) is 2.19. The maximum absolute atomic E-state index is 6.30. The summed E-state index contributed by atoms with van der Waals surface area (Å²) in [7, 11) is 3.94. The molecule has 0 fully saturated rings. The van der Waals surface area contributed by atoms with E-state index in [0.29, 0.717) is 16.6 Å². The molecule has 1 aromatic carbocycles. The van der Waals surface area contributed by atoms with Gasteiger partial charge in [-0.2, -0.15) is 0 Å². The molecule has 5 heteroatoms. The summed E-state index contributed by atoms with van der Waals surface area (Å²) in [6.45, 7) is 2.38. The number of nitrogens with zero attached hydrogens (tertiary/aromatic N) is 2. The molecule has 2 N–H and O–H groups in total. The van der Waals surface area contributed by atoms with Crippen molar-refractivity contribution >= 4 is 39.8 Å². The van der Waals surface area contributed by atoms with Gasteiger partial charge < -0.3 is 10.6 Å². The van der Waals surface area contributed by atoms with Crippen molar-refractivity contribution in [3.05, 3.63) is 33.4 Å². The lowest BCUT2D eigenvalue weighted by molar-refractivity contribution is 0.993. The van der Waals surface area contributed by atoms with Crippen LogP contribution in [0.1, 0.15) is 11.3 Å². The lowest BCUT2D eigenvalue weighted by atomic mass is 10.1. The summed E-state index contributed by atoms with van der Waals surface area (Å²) in [4.78, 5) is 6.55. The Labute approximate surface area is 116 Å². The molecule has 3 nitrogen and oxygen atoms in total. The van der Waals surface area contributed by atoms with Gasteiger partial charge in [0.15, 0.2) is 0 Å². The first-order valence-electron chi connectivity index (χ1n) is 5.61. The molecule has 2 aromatic rings. The summed E-state index contributed by atoms with van der Waals surface area (Å²) in [5.74, 6) is 0. The molecule has 0 aliphatic rings. The van der Waals surface area contributed by atoms with Gasteiger partial charge in [0.25, 0.3) is 0 Å². The number of hydrogen-bond acceptors (Lipinski definition) is 3. The monoisotopic (exact) mass is 283 g/mol. The fourth-order valence-corrected chi connectivity index (χ4v) is 2.76. The number of aryl methyl sites for hydroxylation is 1. The SMILES string of the molecule is Cc1nc2cc(Cl)cc(Cl)c2c(N(C)C)c1CN. The van der Waals surface area contributed by atoms with Gasteiger partial charge in [-0.15, -0.1) is 0 Å². The quantitative estimate of drug-likeness (QED) is 0.919. The largest absolute Gasteiger partial charge is 0.377 e. The number of aromatic nitrogens is 1. The normalized spacial score (nSPS) is 11.0. The summed E-state index contributed by atoms with van der Waals surface area (Å²) >= 11 is 12.3. The van der Waals surface area contributed by atoms with Gasteiger partial charge in [-0.1, -0.05) is 23.2 Å². The summed E-state index contributed by atoms with van der Waals surface area (Å²) < 4.78 is 0. The van der Waals surface area contributed by atoms with Crippen LogP contribution in [0.3, 0.4) is 0 Å². The van der Waals surface area contributed by atoms with E-state index in [2.05, 4.69) is 4.98 Å². The molecule has 1 heterocycles. The minimum absolute atomic E-state index is 0.432. The standard InChI is InChI=1S/C13H15Cl2N3/c1-7-9(6-16)13(18(2)3)12-10(15)4-8(14)5-11(12)17-7/h4-5H,6,16H2,1-3H3. The number of hydrogen-bond donors (Lipinski definition) is 1. The highest BCUT2D eigenvalue weighted by Crippen LogP contribution is 2.37. The van der Waals surface area contributed by atoms with Crippen LogP contribution in [-0.4, -0.2) is 19.1 Å². The highest BCUT2D eigenvalue weighted by molar-refractivity contribution is 6.39. The zero-order valence-electron chi connectivity index (χ0n) is 10.6. The summed E-state index contributed by atoms with van der Waals surface area (Å²) in [6.07, 6.45) is 0. The first-order valence-corrected chi connectivity index (χ1v) is 6.37. The van der Waals surface area contributed by atoms with Crippen molar-refractivity contribution in [1.82, 2.24) is 4.98 Å². The molecule has 0 unspecified atom stereocenters. The molecule has 0 atom stereocenters. The van der Waals surface area contributed by atoms with E-state index in [4.69, 9.17) is 28.9 Å². The molecular formula is C13H15Cl2N3. The molecule has 0 saturated carbocycles. The predicted molar refractivity (Wildman–Crippen MR) is 78.7 cm³/mol. The molecule has 1 aromatic heterocycles. The summed E-state index contributed by atoms with van der Waals surface area (Å²) in [6, 6.07) is 3.55. The van der Waals surface area contributed by atoms with Gasteiger partial charge >= 0.3 is 0 Å². The first kappa shape index (κ1) is 13.4. The van der Waals surface area contributed by atoms with Crippen molar-refractivity contribution in [2.45, 2.75) is 13.5 Å². The second-order valence-electron chi connectivity index (χ2n) is 4.40. The minimum atomic E-state index is 0.432. The number of rotatable bonds is 2. The van der Waals surface area contributed by atoms with Crippen molar-refractivity contribution in [3.8, 4) is 0 Å². The van der Waals surface area contributed by atoms with Gasteiger partial charge in [-0.3, -0.25) is 4.98 Å². The van der Waals surface area contributed by atoms with E-state index in [9.17, 15) is 0 Å². The first-order chi connectivity index (χ1) is 8.45. The number of halogens is 2. The van der Waals surface area contributed by atoms with E-state index in [0.717, 1.165) is 27.8 Å². The Balaban J connectivity index is 2.97. The van der Waals surface area contributed by atoms with Crippen LogP contribution in [0.5, 0.6) is 0 Å². The van der Waals surface area contributed by atoms with Crippen LogP contribution >= 0.6 is 23.2 Å². The average molecular weight is 284 g/mol.